The Morgan fingerprint density at radius 1 is 0.778 bits per heavy atom. The zero-order chi connectivity index (χ0) is 12.4. The van der Waals surface area contributed by atoms with Gasteiger partial charge in [-0.2, -0.15) is 0 Å². The van der Waals surface area contributed by atoms with Crippen LogP contribution in [-0.4, -0.2) is 25.2 Å². The van der Waals surface area contributed by atoms with Gasteiger partial charge in [0.15, 0.2) is 0 Å². The molecule has 0 aliphatic heterocycles. The Morgan fingerprint density at radius 2 is 1.06 bits per heavy atom. The number of hydrogen-bond donors (Lipinski definition) is 0. The third kappa shape index (κ3) is 0.490. The molecule has 6 fully saturated rings. The lowest BCUT2D eigenvalue weighted by Gasteiger charge is -3.08. The lowest BCUT2D eigenvalue weighted by Crippen LogP contribution is -3.12. The molecule has 6 saturated carbocycles. The summed E-state index contributed by atoms with van der Waals surface area (Å²) in [5.74, 6) is 2.79. The lowest BCUT2D eigenvalue weighted by atomic mass is 8.92. The van der Waals surface area contributed by atoms with Crippen molar-refractivity contribution >= 4 is 11.9 Å². The largest absolute Gasteiger partial charge is 0.466 e. The summed E-state index contributed by atoms with van der Waals surface area (Å²) in [5.41, 5.74) is -0.269. The highest BCUT2D eigenvalue weighted by atomic mass is 16.5. The first-order valence-corrected chi connectivity index (χ1v) is 7.04. The van der Waals surface area contributed by atoms with Gasteiger partial charge in [0.2, 0.25) is 0 Å². The van der Waals surface area contributed by atoms with Crippen LogP contribution in [0.25, 0.3) is 0 Å². The van der Waals surface area contributed by atoms with Crippen LogP contribution in [0.4, 0.5) is 0 Å². The first-order valence-electron chi connectivity index (χ1n) is 7.04. The maximum atomic E-state index is 12.1. The van der Waals surface area contributed by atoms with E-state index < -0.39 is 0 Å². The fourth-order valence-electron chi connectivity index (χ4n) is 6.86. The first-order chi connectivity index (χ1) is 8.69. The maximum absolute atomic E-state index is 12.1. The molecule has 96 valence electrons. The van der Waals surface area contributed by atoms with Crippen molar-refractivity contribution in [2.75, 3.05) is 13.2 Å². The van der Waals surface area contributed by atoms with E-state index in [-0.39, 0.29) is 22.8 Å². The molecule has 0 aromatic carbocycles. The Bertz CT molecular complexity index is 408. The van der Waals surface area contributed by atoms with Gasteiger partial charge in [0.1, 0.15) is 0 Å². The Morgan fingerprint density at radius 3 is 1.28 bits per heavy atom. The van der Waals surface area contributed by atoms with E-state index in [9.17, 15) is 9.59 Å². The minimum Gasteiger partial charge on any atom is -0.466 e. The van der Waals surface area contributed by atoms with Gasteiger partial charge in [0, 0.05) is 0 Å². The SMILES string of the molecule is CCOC(=O)C12C3C4C1C1C2C3C41C(=O)OCC. The molecule has 0 heterocycles. The molecule has 6 aliphatic carbocycles. The zero-order valence-electron chi connectivity index (χ0n) is 10.5. The first kappa shape index (κ1) is 9.82. The van der Waals surface area contributed by atoms with Gasteiger partial charge in [0.25, 0.3) is 0 Å². The van der Waals surface area contributed by atoms with Crippen LogP contribution >= 0.6 is 0 Å². The van der Waals surface area contributed by atoms with Crippen LogP contribution in [0.3, 0.4) is 0 Å². The highest BCUT2D eigenvalue weighted by Gasteiger charge is 3.13. The van der Waals surface area contributed by atoms with Crippen molar-refractivity contribution in [1.82, 2.24) is 0 Å². The van der Waals surface area contributed by atoms with E-state index in [1.807, 2.05) is 13.8 Å². The van der Waals surface area contributed by atoms with Crippen LogP contribution in [0.1, 0.15) is 13.8 Å². The normalized spacial score (nSPS) is 62.1. The Kier molecular flexibility index (Phi) is 1.28. The van der Waals surface area contributed by atoms with Gasteiger partial charge in [-0.3, -0.25) is 9.59 Å². The van der Waals surface area contributed by atoms with E-state index >= 15 is 0 Å². The van der Waals surface area contributed by atoms with Crippen LogP contribution in [-0.2, 0) is 19.1 Å². The fourth-order valence-corrected chi connectivity index (χ4v) is 6.86. The summed E-state index contributed by atoms with van der Waals surface area (Å²) < 4.78 is 10.5. The van der Waals surface area contributed by atoms with Crippen molar-refractivity contribution in [3.63, 3.8) is 0 Å². The molecule has 4 nitrogen and oxygen atoms in total. The van der Waals surface area contributed by atoms with Crippen molar-refractivity contribution in [3.8, 4) is 0 Å². The van der Waals surface area contributed by atoms with Crippen molar-refractivity contribution in [1.29, 1.82) is 0 Å². The Hall–Kier alpha value is -1.06. The van der Waals surface area contributed by atoms with Crippen molar-refractivity contribution in [3.05, 3.63) is 0 Å². The predicted octanol–water partition coefficient (Wildman–Crippen LogP) is 0.851. The minimum atomic E-state index is -0.135. The number of esters is 2. The third-order valence-electron chi connectivity index (χ3n) is 6.89. The Labute approximate surface area is 105 Å². The number of ether oxygens (including phenoxy) is 2. The minimum absolute atomic E-state index is 0.0194. The van der Waals surface area contributed by atoms with Gasteiger partial charge >= 0.3 is 11.9 Å². The summed E-state index contributed by atoms with van der Waals surface area (Å²) in [6.45, 7) is 4.66. The number of carbonyl (C=O) groups is 2. The fraction of sp³-hybridized carbons (Fsp3) is 0.857. The van der Waals surface area contributed by atoms with E-state index in [0.717, 1.165) is 0 Å². The molecule has 4 heteroatoms. The number of hydrogen-bond acceptors (Lipinski definition) is 4. The van der Waals surface area contributed by atoms with Gasteiger partial charge in [-0.1, -0.05) is 0 Å². The monoisotopic (exact) mass is 248 g/mol. The summed E-state index contributed by atoms with van der Waals surface area (Å²) in [5, 5.41) is 0. The van der Waals surface area contributed by atoms with Crippen molar-refractivity contribution in [2.45, 2.75) is 13.8 Å². The molecule has 0 aromatic heterocycles. The quantitative estimate of drug-likeness (QED) is 0.692. The van der Waals surface area contributed by atoms with Gasteiger partial charge in [-0.15, -0.1) is 0 Å². The predicted molar refractivity (Wildman–Crippen MR) is 59.1 cm³/mol. The van der Waals surface area contributed by atoms with Crippen LogP contribution in [0, 0.1) is 46.3 Å². The van der Waals surface area contributed by atoms with E-state index in [0.29, 0.717) is 48.7 Å². The van der Waals surface area contributed by atoms with Gasteiger partial charge in [0.05, 0.1) is 24.0 Å². The van der Waals surface area contributed by atoms with E-state index in [2.05, 4.69) is 0 Å². The van der Waals surface area contributed by atoms with Gasteiger partial charge in [-0.05, 0) is 49.4 Å². The second-order valence-corrected chi connectivity index (χ2v) is 6.46. The van der Waals surface area contributed by atoms with E-state index in [1.54, 1.807) is 0 Å². The summed E-state index contributed by atoms with van der Waals surface area (Å²) in [4.78, 5) is 24.2. The summed E-state index contributed by atoms with van der Waals surface area (Å²) in [6, 6.07) is 0. The number of rotatable bonds is 4. The van der Waals surface area contributed by atoms with Crippen LogP contribution in [0.5, 0.6) is 0 Å². The third-order valence-corrected chi connectivity index (χ3v) is 6.89. The molecule has 0 bridgehead atoms. The highest BCUT2D eigenvalue weighted by molar-refractivity contribution is 5.96. The molecule has 6 rings (SSSR count). The van der Waals surface area contributed by atoms with Crippen LogP contribution in [0.15, 0.2) is 0 Å². The van der Waals surface area contributed by atoms with Crippen molar-refractivity contribution in [2.24, 2.45) is 46.3 Å². The molecule has 0 radical (unpaired) electrons. The standard InChI is InChI=1S/C14H16O4/c1-3-17-11(15)13-5-8-6(13)10-7(13)9(5)14(8,10)12(16)18-4-2/h5-10H,3-4H2,1-2H3. The topological polar surface area (TPSA) is 52.6 Å². The lowest BCUT2D eigenvalue weighted by molar-refractivity contribution is -0.628. The van der Waals surface area contributed by atoms with Crippen LogP contribution in [0.2, 0.25) is 0 Å². The average Bonchev–Trinajstić information content (AvgIpc) is 2.38. The summed E-state index contributed by atoms with van der Waals surface area (Å²) >= 11 is 0. The van der Waals surface area contributed by atoms with Crippen LogP contribution < -0.4 is 0 Å². The molecule has 0 spiro atoms. The molecule has 18 heavy (non-hydrogen) atoms. The zero-order valence-corrected chi connectivity index (χ0v) is 10.5. The molecule has 0 atom stereocenters. The number of carbonyl (C=O) groups excluding carboxylic acids is 2. The summed E-state index contributed by atoms with van der Waals surface area (Å²) in [6.07, 6.45) is 0. The molecule has 0 aromatic rings. The maximum Gasteiger partial charge on any atom is 0.312 e. The van der Waals surface area contributed by atoms with Crippen molar-refractivity contribution < 1.29 is 19.1 Å². The smallest absolute Gasteiger partial charge is 0.312 e. The average molecular weight is 248 g/mol. The van der Waals surface area contributed by atoms with E-state index in [4.69, 9.17) is 9.47 Å². The molecule has 0 unspecified atom stereocenters. The second kappa shape index (κ2) is 2.35. The van der Waals surface area contributed by atoms with Gasteiger partial charge in [-0.25, -0.2) is 0 Å². The summed E-state index contributed by atoms with van der Waals surface area (Å²) in [7, 11) is 0. The van der Waals surface area contributed by atoms with E-state index in [1.165, 1.54) is 0 Å². The highest BCUT2D eigenvalue weighted by Crippen LogP contribution is 3.10. The second-order valence-electron chi connectivity index (χ2n) is 6.46. The molecule has 0 N–H and O–H groups in total. The molecular formula is C14H16O4. The molecular weight excluding hydrogens is 232 g/mol. The molecule has 0 amide bonds. The molecule has 0 saturated heterocycles. The van der Waals surface area contributed by atoms with Gasteiger partial charge < -0.3 is 9.47 Å². The Balaban J connectivity index is 1.43. The molecule has 6 aliphatic rings.